The molecule has 0 aliphatic rings. The minimum absolute atomic E-state index is 0.0753. The van der Waals surface area contributed by atoms with Crippen molar-refractivity contribution in [1.29, 1.82) is 0 Å². The van der Waals surface area contributed by atoms with Gasteiger partial charge in [-0.15, -0.1) is 21.5 Å². The molecule has 0 N–H and O–H groups in total. The van der Waals surface area contributed by atoms with Crippen molar-refractivity contribution < 1.29 is 9.53 Å². The first-order valence-electron chi connectivity index (χ1n) is 10.5. The van der Waals surface area contributed by atoms with Gasteiger partial charge < -0.3 is 14.2 Å². The summed E-state index contributed by atoms with van der Waals surface area (Å²) in [5.41, 5.74) is 1.28. The highest BCUT2D eigenvalue weighted by Gasteiger charge is 2.17. The van der Waals surface area contributed by atoms with Crippen LogP contribution in [0.2, 0.25) is 0 Å². The molecule has 31 heavy (non-hydrogen) atoms. The van der Waals surface area contributed by atoms with Gasteiger partial charge >= 0.3 is 0 Å². The molecule has 1 amide bonds. The lowest BCUT2D eigenvalue weighted by Gasteiger charge is -2.16. The molecule has 0 fully saturated rings. The Morgan fingerprint density at radius 1 is 1.23 bits per heavy atom. The van der Waals surface area contributed by atoms with E-state index in [-0.39, 0.29) is 5.91 Å². The summed E-state index contributed by atoms with van der Waals surface area (Å²) in [4.78, 5) is 15.5. The van der Waals surface area contributed by atoms with Crippen molar-refractivity contribution in [2.75, 3.05) is 12.8 Å². The van der Waals surface area contributed by atoms with Crippen molar-refractivity contribution in [3.63, 3.8) is 0 Å². The summed E-state index contributed by atoms with van der Waals surface area (Å²) in [5, 5.41) is 11.5. The van der Waals surface area contributed by atoms with E-state index >= 15 is 0 Å². The van der Waals surface area contributed by atoms with Gasteiger partial charge in [-0.25, -0.2) is 0 Å². The Labute approximate surface area is 192 Å². The van der Waals surface area contributed by atoms with Crippen LogP contribution in [0.5, 0.6) is 5.75 Å². The smallest absolute Gasteiger partial charge is 0.233 e. The number of benzene rings is 1. The van der Waals surface area contributed by atoms with Crippen LogP contribution in [-0.2, 0) is 30.9 Å². The molecule has 0 radical (unpaired) electrons. The fraction of sp³-hybridized carbons (Fsp3) is 0.435. The second-order valence-electron chi connectivity index (χ2n) is 7.81. The number of aromatic nitrogens is 3. The topological polar surface area (TPSA) is 60.3 Å². The third kappa shape index (κ3) is 6.83. The van der Waals surface area contributed by atoms with Crippen molar-refractivity contribution in [2.24, 2.45) is 5.92 Å². The molecular weight excluding hydrogens is 428 g/mol. The first kappa shape index (κ1) is 23.3. The SMILES string of the molecule is CCc1ccc(OCc2nnc(SCC(=O)N(C)Cc3cccs3)n2CC(C)C)cc1. The van der Waals surface area contributed by atoms with Crippen LogP contribution in [0.15, 0.2) is 46.9 Å². The van der Waals surface area contributed by atoms with Crippen molar-refractivity contribution in [2.45, 2.75) is 52.0 Å². The largest absolute Gasteiger partial charge is 0.486 e. The molecule has 0 aliphatic carbocycles. The predicted molar refractivity (Wildman–Crippen MR) is 127 cm³/mol. The lowest BCUT2D eigenvalue weighted by Crippen LogP contribution is -2.27. The molecule has 0 saturated carbocycles. The van der Waals surface area contributed by atoms with Gasteiger partial charge in [-0.3, -0.25) is 4.79 Å². The lowest BCUT2D eigenvalue weighted by molar-refractivity contribution is -0.127. The Bertz CT molecular complexity index is 953. The van der Waals surface area contributed by atoms with Gasteiger partial charge in [-0.1, -0.05) is 50.7 Å². The van der Waals surface area contributed by atoms with Gasteiger partial charge in [0.1, 0.15) is 12.4 Å². The molecule has 8 heteroatoms. The maximum absolute atomic E-state index is 12.6. The van der Waals surface area contributed by atoms with E-state index in [2.05, 4.69) is 47.7 Å². The third-order valence-electron chi connectivity index (χ3n) is 4.76. The minimum Gasteiger partial charge on any atom is -0.486 e. The van der Waals surface area contributed by atoms with Crippen molar-refractivity contribution in [3.05, 3.63) is 58.0 Å². The molecule has 0 spiro atoms. The average molecular weight is 459 g/mol. The first-order chi connectivity index (χ1) is 15.0. The molecule has 3 rings (SSSR count). The highest BCUT2D eigenvalue weighted by Crippen LogP contribution is 2.21. The van der Waals surface area contributed by atoms with Gasteiger partial charge in [0.05, 0.1) is 12.3 Å². The monoisotopic (exact) mass is 458 g/mol. The van der Waals surface area contributed by atoms with Crippen LogP contribution in [0, 0.1) is 5.92 Å². The van der Waals surface area contributed by atoms with Crippen molar-refractivity contribution >= 4 is 29.0 Å². The number of nitrogens with zero attached hydrogens (tertiary/aromatic N) is 4. The van der Waals surface area contributed by atoms with E-state index in [0.717, 1.165) is 29.7 Å². The van der Waals surface area contributed by atoms with Crippen LogP contribution in [-0.4, -0.2) is 38.4 Å². The number of hydrogen-bond acceptors (Lipinski definition) is 6. The minimum atomic E-state index is 0.0753. The van der Waals surface area contributed by atoms with Gasteiger partial charge in [-0.05, 0) is 41.5 Å². The molecule has 0 saturated heterocycles. The molecule has 0 unspecified atom stereocenters. The molecule has 1 aromatic carbocycles. The summed E-state index contributed by atoms with van der Waals surface area (Å²) in [7, 11) is 1.84. The van der Waals surface area contributed by atoms with E-state index in [1.54, 1.807) is 16.2 Å². The number of hydrogen-bond donors (Lipinski definition) is 0. The van der Waals surface area contributed by atoms with Crippen LogP contribution in [0.3, 0.4) is 0 Å². The third-order valence-corrected chi connectivity index (χ3v) is 6.58. The Morgan fingerprint density at radius 2 is 2.00 bits per heavy atom. The highest BCUT2D eigenvalue weighted by molar-refractivity contribution is 7.99. The maximum Gasteiger partial charge on any atom is 0.233 e. The summed E-state index contributed by atoms with van der Waals surface area (Å²) in [6.07, 6.45) is 1.00. The average Bonchev–Trinajstić information content (AvgIpc) is 3.40. The van der Waals surface area contributed by atoms with Gasteiger partial charge in [0.25, 0.3) is 0 Å². The van der Waals surface area contributed by atoms with Gasteiger partial charge in [0.2, 0.25) is 5.91 Å². The lowest BCUT2D eigenvalue weighted by atomic mass is 10.2. The number of aryl methyl sites for hydroxylation is 1. The summed E-state index contributed by atoms with van der Waals surface area (Å²) in [6.45, 7) is 8.20. The van der Waals surface area contributed by atoms with Gasteiger partial charge in [0, 0.05) is 18.5 Å². The Hall–Kier alpha value is -2.32. The second-order valence-corrected chi connectivity index (χ2v) is 9.78. The maximum atomic E-state index is 12.6. The normalized spacial score (nSPS) is 11.1. The van der Waals surface area contributed by atoms with Crippen LogP contribution in [0.4, 0.5) is 0 Å². The number of carbonyl (C=O) groups is 1. The zero-order chi connectivity index (χ0) is 22.2. The number of thioether (sulfide) groups is 1. The molecule has 6 nitrogen and oxygen atoms in total. The standard InChI is InChI=1S/C23H30N4O2S2/c1-5-18-8-10-19(11-9-18)29-15-21-24-25-23(27(21)13-17(2)3)31-16-22(28)26(4)14-20-7-6-12-30-20/h6-12,17H,5,13-16H2,1-4H3. The number of carbonyl (C=O) groups excluding carboxylic acids is 1. The molecular formula is C23H30N4O2S2. The number of ether oxygens (including phenoxy) is 1. The summed E-state index contributed by atoms with van der Waals surface area (Å²) in [5.74, 6) is 2.42. The van der Waals surface area contributed by atoms with E-state index in [1.165, 1.54) is 22.2 Å². The van der Waals surface area contributed by atoms with Crippen LogP contribution in [0.25, 0.3) is 0 Å². The van der Waals surface area contributed by atoms with Gasteiger partial charge in [-0.2, -0.15) is 0 Å². The van der Waals surface area contributed by atoms with E-state index in [1.807, 2.05) is 36.7 Å². The summed E-state index contributed by atoms with van der Waals surface area (Å²) < 4.78 is 8.01. The fourth-order valence-corrected chi connectivity index (χ4v) is 4.68. The van der Waals surface area contributed by atoms with Crippen LogP contribution >= 0.6 is 23.1 Å². The van der Waals surface area contributed by atoms with Crippen LogP contribution in [0.1, 0.15) is 37.0 Å². The molecule has 166 valence electrons. The Balaban J connectivity index is 1.61. The van der Waals surface area contributed by atoms with Crippen molar-refractivity contribution in [1.82, 2.24) is 19.7 Å². The van der Waals surface area contributed by atoms with Gasteiger partial charge in [0.15, 0.2) is 11.0 Å². The van der Waals surface area contributed by atoms with E-state index in [4.69, 9.17) is 4.74 Å². The zero-order valence-electron chi connectivity index (χ0n) is 18.6. The second kappa shape index (κ2) is 11.3. The van der Waals surface area contributed by atoms with Crippen LogP contribution < -0.4 is 4.74 Å². The highest BCUT2D eigenvalue weighted by atomic mass is 32.2. The summed E-state index contributed by atoms with van der Waals surface area (Å²) in [6, 6.07) is 12.2. The zero-order valence-corrected chi connectivity index (χ0v) is 20.2. The van der Waals surface area contributed by atoms with Crippen molar-refractivity contribution in [3.8, 4) is 5.75 Å². The van der Waals surface area contributed by atoms with E-state index in [0.29, 0.717) is 24.8 Å². The Kier molecular flexibility index (Phi) is 8.54. The number of thiophene rings is 1. The molecule has 0 aliphatic heterocycles. The number of amides is 1. The summed E-state index contributed by atoms with van der Waals surface area (Å²) >= 11 is 3.09. The molecule has 0 atom stereocenters. The van der Waals surface area contributed by atoms with E-state index < -0.39 is 0 Å². The number of rotatable bonds is 11. The molecule has 3 aromatic rings. The Morgan fingerprint density at radius 3 is 2.65 bits per heavy atom. The fourth-order valence-electron chi connectivity index (χ4n) is 3.01. The first-order valence-corrected chi connectivity index (χ1v) is 12.4. The van der Waals surface area contributed by atoms with E-state index in [9.17, 15) is 4.79 Å². The molecule has 0 bridgehead atoms. The molecule has 2 aromatic heterocycles. The quantitative estimate of drug-likeness (QED) is 0.383. The molecule has 2 heterocycles. The predicted octanol–water partition coefficient (Wildman–Crippen LogP) is 4.89.